The van der Waals surface area contributed by atoms with Crippen LogP contribution in [-0.2, 0) is 14.8 Å². The molecule has 10 heteroatoms. The Morgan fingerprint density at radius 3 is 2.72 bits per heavy atom. The van der Waals surface area contributed by atoms with Crippen LogP contribution >= 0.6 is 23.2 Å². The zero-order valence-electron chi connectivity index (χ0n) is 13.2. The first-order valence-electron chi connectivity index (χ1n) is 7.03. The van der Waals surface area contributed by atoms with E-state index in [2.05, 4.69) is 17.1 Å². The van der Waals surface area contributed by atoms with Gasteiger partial charge in [0, 0.05) is 17.6 Å². The summed E-state index contributed by atoms with van der Waals surface area (Å²) in [6.45, 7) is 4.64. The van der Waals surface area contributed by atoms with Crippen molar-refractivity contribution >= 4 is 45.0 Å². The number of aromatic nitrogens is 1. The SMILES string of the molecule is C=CCN(CC(=O)Nc1cc(C)on1)S(=O)(=O)c1cc(Cl)ccc1Cl. The molecule has 0 atom stereocenters. The van der Waals surface area contributed by atoms with Crippen molar-refractivity contribution in [2.24, 2.45) is 0 Å². The van der Waals surface area contributed by atoms with Crippen molar-refractivity contribution < 1.29 is 17.7 Å². The summed E-state index contributed by atoms with van der Waals surface area (Å²) in [5.74, 6) is 0.118. The normalized spacial score (nSPS) is 11.5. The van der Waals surface area contributed by atoms with E-state index in [-0.39, 0.29) is 27.3 Å². The van der Waals surface area contributed by atoms with E-state index in [0.717, 1.165) is 4.31 Å². The topological polar surface area (TPSA) is 92.5 Å². The molecular formula is C15H15Cl2N3O4S. The van der Waals surface area contributed by atoms with Gasteiger partial charge in [-0.25, -0.2) is 8.42 Å². The highest BCUT2D eigenvalue weighted by Gasteiger charge is 2.28. The maximum Gasteiger partial charge on any atom is 0.245 e. The minimum absolute atomic E-state index is 0.00555. The van der Waals surface area contributed by atoms with Crippen LogP contribution < -0.4 is 5.32 Å². The highest BCUT2D eigenvalue weighted by molar-refractivity contribution is 7.89. The summed E-state index contributed by atoms with van der Waals surface area (Å²) in [7, 11) is -4.06. The number of halogens is 2. The van der Waals surface area contributed by atoms with Crippen molar-refractivity contribution in [3.8, 4) is 0 Å². The van der Waals surface area contributed by atoms with Crippen LogP contribution in [0.5, 0.6) is 0 Å². The predicted molar refractivity (Wildman–Crippen MR) is 95.3 cm³/mol. The summed E-state index contributed by atoms with van der Waals surface area (Å²) >= 11 is 11.8. The summed E-state index contributed by atoms with van der Waals surface area (Å²) < 4.78 is 31.4. The molecule has 0 aliphatic rings. The molecule has 1 N–H and O–H groups in total. The number of nitrogens with zero attached hydrogens (tertiary/aromatic N) is 2. The Kier molecular flexibility index (Phi) is 6.23. The quantitative estimate of drug-likeness (QED) is 0.716. The standard InChI is InChI=1S/C15H15Cl2N3O4S/c1-3-6-20(9-15(21)18-14-7-10(2)24-19-14)25(22,23)13-8-11(16)4-5-12(13)17/h3-5,7-8H,1,6,9H2,2H3,(H,18,19,21). The molecule has 0 bridgehead atoms. The third kappa shape index (κ3) is 4.82. The molecule has 0 aliphatic carbocycles. The van der Waals surface area contributed by atoms with Crippen LogP contribution in [0.4, 0.5) is 5.82 Å². The molecule has 7 nitrogen and oxygen atoms in total. The van der Waals surface area contributed by atoms with Crippen molar-refractivity contribution in [2.45, 2.75) is 11.8 Å². The minimum atomic E-state index is -4.06. The average molecular weight is 404 g/mol. The summed E-state index contributed by atoms with van der Waals surface area (Å²) in [6.07, 6.45) is 1.36. The molecule has 0 spiro atoms. The Morgan fingerprint density at radius 1 is 1.40 bits per heavy atom. The number of sulfonamides is 1. The van der Waals surface area contributed by atoms with Crippen LogP contribution in [0.2, 0.25) is 10.0 Å². The molecule has 1 heterocycles. The minimum Gasteiger partial charge on any atom is -0.360 e. The second-order valence-corrected chi connectivity index (χ2v) is 7.78. The number of aryl methyl sites for hydroxylation is 1. The number of amides is 1. The van der Waals surface area contributed by atoms with Gasteiger partial charge in [0.05, 0.1) is 11.6 Å². The molecule has 1 amide bonds. The largest absolute Gasteiger partial charge is 0.360 e. The van der Waals surface area contributed by atoms with Crippen LogP contribution in [0.15, 0.2) is 46.3 Å². The highest BCUT2D eigenvalue weighted by atomic mass is 35.5. The average Bonchev–Trinajstić information content (AvgIpc) is 2.94. The Balaban J connectivity index is 2.25. The molecule has 0 saturated carbocycles. The Labute approximate surface area is 155 Å². The fourth-order valence-electron chi connectivity index (χ4n) is 1.97. The second kappa shape index (κ2) is 8.01. The lowest BCUT2D eigenvalue weighted by molar-refractivity contribution is -0.116. The van der Waals surface area contributed by atoms with E-state index in [0.29, 0.717) is 5.76 Å². The number of carbonyl (C=O) groups excluding carboxylic acids is 1. The van der Waals surface area contributed by atoms with Crippen molar-refractivity contribution in [3.63, 3.8) is 0 Å². The van der Waals surface area contributed by atoms with Crippen molar-refractivity contribution in [2.75, 3.05) is 18.4 Å². The first kappa shape index (κ1) is 19.5. The number of nitrogens with one attached hydrogen (secondary N) is 1. The predicted octanol–water partition coefficient (Wildman–Crippen LogP) is 3.11. The van der Waals surface area contributed by atoms with Crippen molar-refractivity contribution in [1.29, 1.82) is 0 Å². The number of hydrogen-bond donors (Lipinski definition) is 1. The maximum atomic E-state index is 12.8. The highest BCUT2D eigenvalue weighted by Crippen LogP contribution is 2.27. The van der Waals surface area contributed by atoms with Gasteiger partial charge < -0.3 is 9.84 Å². The van der Waals surface area contributed by atoms with Crippen LogP contribution in [0.1, 0.15) is 5.76 Å². The van der Waals surface area contributed by atoms with E-state index in [1.165, 1.54) is 30.3 Å². The molecule has 25 heavy (non-hydrogen) atoms. The molecule has 0 saturated heterocycles. The fourth-order valence-corrected chi connectivity index (χ4v) is 4.08. The van der Waals surface area contributed by atoms with Gasteiger partial charge in [0.1, 0.15) is 10.7 Å². The number of hydrogen-bond acceptors (Lipinski definition) is 5. The molecule has 0 fully saturated rings. The molecule has 134 valence electrons. The lowest BCUT2D eigenvalue weighted by Crippen LogP contribution is -2.38. The number of rotatable bonds is 7. The van der Waals surface area contributed by atoms with Gasteiger partial charge in [0.25, 0.3) is 0 Å². The van der Waals surface area contributed by atoms with E-state index < -0.39 is 22.5 Å². The van der Waals surface area contributed by atoms with Gasteiger partial charge in [-0.2, -0.15) is 4.31 Å². The maximum absolute atomic E-state index is 12.8. The summed E-state index contributed by atoms with van der Waals surface area (Å²) in [5, 5.41) is 6.30. The third-order valence-electron chi connectivity index (χ3n) is 3.06. The number of carbonyl (C=O) groups is 1. The van der Waals surface area contributed by atoms with Crippen LogP contribution in [-0.4, -0.2) is 36.9 Å². The zero-order chi connectivity index (χ0) is 18.6. The Hall–Kier alpha value is -1.87. The molecule has 1 aromatic heterocycles. The molecule has 0 unspecified atom stereocenters. The smallest absolute Gasteiger partial charge is 0.245 e. The lowest BCUT2D eigenvalue weighted by Gasteiger charge is -2.20. The second-order valence-electron chi connectivity index (χ2n) is 5.03. The van der Waals surface area contributed by atoms with E-state index in [9.17, 15) is 13.2 Å². The molecule has 2 aromatic rings. The van der Waals surface area contributed by atoms with Crippen molar-refractivity contribution in [1.82, 2.24) is 9.46 Å². The monoisotopic (exact) mass is 403 g/mol. The van der Waals surface area contributed by atoms with E-state index in [4.69, 9.17) is 27.7 Å². The van der Waals surface area contributed by atoms with Gasteiger partial charge in [-0.3, -0.25) is 4.79 Å². The van der Waals surface area contributed by atoms with Crippen LogP contribution in [0.25, 0.3) is 0 Å². The fraction of sp³-hybridized carbons (Fsp3) is 0.200. The Morgan fingerprint density at radius 2 is 2.12 bits per heavy atom. The lowest BCUT2D eigenvalue weighted by atomic mass is 10.4. The van der Waals surface area contributed by atoms with Gasteiger partial charge >= 0.3 is 0 Å². The number of anilines is 1. The molecule has 0 aliphatic heterocycles. The van der Waals surface area contributed by atoms with Crippen LogP contribution in [0.3, 0.4) is 0 Å². The van der Waals surface area contributed by atoms with Gasteiger partial charge in [-0.05, 0) is 25.1 Å². The third-order valence-corrected chi connectivity index (χ3v) is 5.59. The summed E-state index contributed by atoms with van der Waals surface area (Å²) in [6, 6.07) is 5.59. The van der Waals surface area contributed by atoms with E-state index in [1.54, 1.807) is 6.92 Å². The van der Waals surface area contributed by atoms with E-state index >= 15 is 0 Å². The molecule has 0 radical (unpaired) electrons. The van der Waals surface area contributed by atoms with Gasteiger partial charge in [0.15, 0.2) is 5.82 Å². The summed E-state index contributed by atoms with van der Waals surface area (Å²) in [4.78, 5) is 12.0. The molecular weight excluding hydrogens is 389 g/mol. The van der Waals surface area contributed by atoms with E-state index in [1.807, 2.05) is 0 Å². The molecule has 1 aromatic carbocycles. The first-order valence-corrected chi connectivity index (χ1v) is 9.23. The van der Waals surface area contributed by atoms with Gasteiger partial charge in [-0.1, -0.05) is 34.4 Å². The Bertz CT molecular complexity index is 896. The van der Waals surface area contributed by atoms with Gasteiger partial charge in [0.2, 0.25) is 15.9 Å². The zero-order valence-corrected chi connectivity index (χ0v) is 15.5. The van der Waals surface area contributed by atoms with Gasteiger partial charge in [-0.15, -0.1) is 6.58 Å². The molecule has 2 rings (SSSR count). The van der Waals surface area contributed by atoms with Crippen LogP contribution in [0, 0.1) is 6.92 Å². The number of benzene rings is 1. The first-order chi connectivity index (χ1) is 11.7. The summed E-state index contributed by atoms with van der Waals surface area (Å²) in [5.41, 5.74) is 0. The van der Waals surface area contributed by atoms with Crippen molar-refractivity contribution in [3.05, 3.63) is 52.7 Å².